The number of benzene rings is 1. The first-order chi connectivity index (χ1) is 10.4. The summed E-state index contributed by atoms with van der Waals surface area (Å²) in [6.45, 7) is 0. The van der Waals surface area contributed by atoms with E-state index in [0.29, 0.717) is 11.4 Å². The fraction of sp³-hybridized carbons (Fsp3) is 0.0667. The van der Waals surface area contributed by atoms with Gasteiger partial charge in [0.1, 0.15) is 0 Å². The van der Waals surface area contributed by atoms with Gasteiger partial charge in [-0.15, -0.1) is 0 Å². The number of carbonyl (C=O) groups is 1. The van der Waals surface area contributed by atoms with Gasteiger partial charge in [0.25, 0.3) is 0 Å². The second-order valence-corrected chi connectivity index (χ2v) is 6.30. The predicted molar refractivity (Wildman–Crippen MR) is 86.8 cm³/mol. The van der Waals surface area contributed by atoms with E-state index in [2.05, 4.69) is 15.0 Å². The van der Waals surface area contributed by atoms with Crippen LogP contribution in [0.15, 0.2) is 54.9 Å². The van der Waals surface area contributed by atoms with Crippen LogP contribution in [0.3, 0.4) is 0 Å². The maximum atomic E-state index is 11.7. The average molecular weight is 317 g/mol. The van der Waals surface area contributed by atoms with Crippen molar-refractivity contribution in [2.24, 2.45) is 0 Å². The van der Waals surface area contributed by atoms with Crippen molar-refractivity contribution < 1.29 is 13.2 Å². The number of aromatic nitrogens is 1. The fourth-order valence-corrected chi connectivity index (χ4v) is 2.23. The van der Waals surface area contributed by atoms with Crippen molar-refractivity contribution in [2.45, 2.75) is 0 Å². The molecule has 1 aromatic heterocycles. The molecule has 6 nitrogen and oxygen atoms in total. The van der Waals surface area contributed by atoms with Crippen molar-refractivity contribution in [3.8, 4) is 0 Å². The van der Waals surface area contributed by atoms with Gasteiger partial charge in [-0.3, -0.25) is 14.5 Å². The van der Waals surface area contributed by atoms with Crippen LogP contribution in [0.4, 0.5) is 11.4 Å². The molecule has 1 amide bonds. The zero-order valence-electron chi connectivity index (χ0n) is 11.9. The van der Waals surface area contributed by atoms with E-state index in [1.165, 1.54) is 6.08 Å². The summed E-state index contributed by atoms with van der Waals surface area (Å²) in [6, 6.07) is 10.1. The van der Waals surface area contributed by atoms with Gasteiger partial charge in [0.2, 0.25) is 15.9 Å². The Kier molecular flexibility index (Phi) is 4.90. The Labute approximate surface area is 129 Å². The molecule has 0 spiro atoms. The van der Waals surface area contributed by atoms with Gasteiger partial charge in [-0.25, -0.2) is 8.42 Å². The minimum absolute atomic E-state index is 0.260. The number of rotatable bonds is 5. The van der Waals surface area contributed by atoms with Gasteiger partial charge in [-0.1, -0.05) is 12.1 Å². The molecule has 114 valence electrons. The van der Waals surface area contributed by atoms with Crippen LogP contribution in [0.1, 0.15) is 5.56 Å². The van der Waals surface area contributed by atoms with Crippen LogP contribution in [0, 0.1) is 0 Å². The number of hydrogen-bond donors (Lipinski definition) is 2. The van der Waals surface area contributed by atoms with E-state index in [4.69, 9.17) is 0 Å². The standard InChI is InChI=1S/C15H15N3O3S/c1-22(20,21)18-14-5-2-12(3-6-14)4-7-15(19)17-13-8-10-16-11-9-13/h2-11,18H,1H3,(H,16,17,19)/b7-4+. The molecular weight excluding hydrogens is 302 g/mol. The second-order valence-electron chi connectivity index (χ2n) is 4.55. The van der Waals surface area contributed by atoms with E-state index >= 15 is 0 Å². The average Bonchev–Trinajstić information content (AvgIpc) is 2.46. The third kappa shape index (κ3) is 5.37. The molecule has 1 aromatic carbocycles. The highest BCUT2D eigenvalue weighted by atomic mass is 32.2. The molecule has 7 heteroatoms. The number of hydrogen-bond acceptors (Lipinski definition) is 4. The van der Waals surface area contributed by atoms with Gasteiger partial charge in [0, 0.05) is 29.8 Å². The summed E-state index contributed by atoms with van der Waals surface area (Å²) in [4.78, 5) is 15.6. The number of amides is 1. The van der Waals surface area contributed by atoms with Crippen LogP contribution in [0.25, 0.3) is 6.08 Å². The third-order valence-electron chi connectivity index (χ3n) is 2.59. The summed E-state index contributed by atoms with van der Waals surface area (Å²) in [7, 11) is -3.29. The Balaban J connectivity index is 1.97. The Morgan fingerprint density at radius 1 is 1.05 bits per heavy atom. The van der Waals surface area contributed by atoms with Crippen molar-refractivity contribution in [1.29, 1.82) is 0 Å². The molecule has 0 unspecified atom stereocenters. The summed E-state index contributed by atoms with van der Waals surface area (Å²) >= 11 is 0. The molecule has 0 saturated carbocycles. The van der Waals surface area contributed by atoms with Crippen LogP contribution in [0.5, 0.6) is 0 Å². The smallest absolute Gasteiger partial charge is 0.248 e. The van der Waals surface area contributed by atoms with Gasteiger partial charge in [0.15, 0.2) is 0 Å². The summed E-state index contributed by atoms with van der Waals surface area (Å²) < 4.78 is 24.6. The highest BCUT2D eigenvalue weighted by Crippen LogP contribution is 2.12. The molecule has 0 aliphatic rings. The van der Waals surface area contributed by atoms with Crippen molar-refractivity contribution in [3.05, 3.63) is 60.4 Å². The molecule has 0 atom stereocenters. The van der Waals surface area contributed by atoms with Crippen molar-refractivity contribution in [1.82, 2.24) is 4.98 Å². The Bertz CT molecular complexity index is 769. The summed E-state index contributed by atoms with van der Waals surface area (Å²) in [5, 5.41) is 2.70. The Morgan fingerprint density at radius 3 is 2.27 bits per heavy atom. The first-order valence-corrected chi connectivity index (χ1v) is 8.28. The van der Waals surface area contributed by atoms with Crippen LogP contribution in [0.2, 0.25) is 0 Å². The molecule has 0 saturated heterocycles. The predicted octanol–water partition coefficient (Wildman–Crippen LogP) is 2.10. The summed E-state index contributed by atoms with van der Waals surface area (Å²) in [5.74, 6) is -0.260. The molecule has 2 N–H and O–H groups in total. The number of nitrogens with one attached hydrogen (secondary N) is 2. The minimum Gasteiger partial charge on any atom is -0.322 e. The Morgan fingerprint density at radius 2 is 1.68 bits per heavy atom. The van der Waals surface area contributed by atoms with Crippen LogP contribution < -0.4 is 10.0 Å². The molecule has 0 aliphatic carbocycles. The van der Waals surface area contributed by atoms with Crippen LogP contribution in [-0.2, 0) is 14.8 Å². The maximum Gasteiger partial charge on any atom is 0.248 e. The Hall–Kier alpha value is -2.67. The largest absolute Gasteiger partial charge is 0.322 e. The maximum absolute atomic E-state index is 11.7. The summed E-state index contributed by atoms with van der Waals surface area (Å²) in [5.41, 5.74) is 1.92. The lowest BCUT2D eigenvalue weighted by Gasteiger charge is -2.03. The lowest BCUT2D eigenvalue weighted by atomic mass is 10.2. The number of sulfonamides is 1. The van der Waals surface area contributed by atoms with Gasteiger partial charge >= 0.3 is 0 Å². The SMILES string of the molecule is CS(=O)(=O)Nc1ccc(/C=C/C(=O)Nc2ccncc2)cc1. The number of pyridine rings is 1. The molecule has 0 fully saturated rings. The lowest BCUT2D eigenvalue weighted by molar-refractivity contribution is -0.111. The highest BCUT2D eigenvalue weighted by Gasteiger charge is 2.01. The zero-order chi connectivity index (χ0) is 16.0. The molecule has 0 bridgehead atoms. The quantitative estimate of drug-likeness (QED) is 0.827. The summed E-state index contributed by atoms with van der Waals surface area (Å²) in [6.07, 6.45) is 7.31. The number of carbonyl (C=O) groups excluding carboxylic acids is 1. The van der Waals surface area contributed by atoms with E-state index in [9.17, 15) is 13.2 Å². The number of anilines is 2. The van der Waals surface area contributed by atoms with Crippen molar-refractivity contribution >= 4 is 33.4 Å². The molecule has 2 aromatic rings. The third-order valence-corrected chi connectivity index (χ3v) is 3.20. The molecule has 0 radical (unpaired) electrons. The topological polar surface area (TPSA) is 88.2 Å². The number of nitrogens with zero attached hydrogens (tertiary/aromatic N) is 1. The van der Waals surface area contributed by atoms with Gasteiger partial charge in [0.05, 0.1) is 6.26 Å². The van der Waals surface area contributed by atoms with E-state index in [0.717, 1.165) is 11.8 Å². The normalized spacial score (nSPS) is 11.3. The minimum atomic E-state index is -3.29. The fourth-order valence-electron chi connectivity index (χ4n) is 1.67. The molecular formula is C15H15N3O3S. The van der Waals surface area contributed by atoms with Crippen molar-refractivity contribution in [2.75, 3.05) is 16.3 Å². The van der Waals surface area contributed by atoms with E-state index in [1.807, 2.05) is 0 Å². The zero-order valence-corrected chi connectivity index (χ0v) is 12.7. The highest BCUT2D eigenvalue weighted by molar-refractivity contribution is 7.92. The van der Waals surface area contributed by atoms with E-state index in [-0.39, 0.29) is 5.91 Å². The van der Waals surface area contributed by atoms with E-state index < -0.39 is 10.0 Å². The first kappa shape index (κ1) is 15.7. The first-order valence-electron chi connectivity index (χ1n) is 6.39. The second kappa shape index (κ2) is 6.86. The van der Waals surface area contributed by atoms with Crippen LogP contribution in [-0.4, -0.2) is 25.6 Å². The molecule has 1 heterocycles. The lowest BCUT2D eigenvalue weighted by Crippen LogP contribution is -2.09. The van der Waals surface area contributed by atoms with E-state index in [1.54, 1.807) is 54.9 Å². The van der Waals surface area contributed by atoms with Gasteiger partial charge in [-0.2, -0.15) is 0 Å². The van der Waals surface area contributed by atoms with Gasteiger partial charge in [-0.05, 0) is 35.9 Å². The molecule has 0 aliphatic heterocycles. The monoisotopic (exact) mass is 317 g/mol. The molecule has 2 rings (SSSR count). The van der Waals surface area contributed by atoms with Crippen molar-refractivity contribution in [3.63, 3.8) is 0 Å². The molecule has 22 heavy (non-hydrogen) atoms. The van der Waals surface area contributed by atoms with Crippen LogP contribution >= 0.6 is 0 Å². The van der Waals surface area contributed by atoms with Gasteiger partial charge < -0.3 is 5.32 Å².